The number of amides is 3. The molecule has 2 aliphatic heterocycles. The third kappa shape index (κ3) is 3.54. The van der Waals surface area contributed by atoms with Crippen LogP contribution in [0.2, 0.25) is 5.02 Å². The van der Waals surface area contributed by atoms with E-state index in [2.05, 4.69) is 15.7 Å². The lowest BCUT2D eigenvalue weighted by molar-refractivity contribution is -0.125. The lowest BCUT2D eigenvalue weighted by atomic mass is 10.1. The van der Waals surface area contributed by atoms with Crippen molar-refractivity contribution in [2.45, 2.75) is 32.5 Å². The van der Waals surface area contributed by atoms with Gasteiger partial charge in [0.25, 0.3) is 11.8 Å². The quantitative estimate of drug-likeness (QED) is 0.745. The van der Waals surface area contributed by atoms with Crippen LogP contribution < -0.4 is 10.2 Å². The fourth-order valence-electron chi connectivity index (χ4n) is 3.51. The molecule has 0 aliphatic carbocycles. The van der Waals surface area contributed by atoms with Gasteiger partial charge in [-0.15, -0.1) is 0 Å². The Morgan fingerprint density at radius 2 is 1.87 bits per heavy atom. The first-order chi connectivity index (χ1) is 14.4. The van der Waals surface area contributed by atoms with Gasteiger partial charge in [-0.3, -0.25) is 19.4 Å². The standard InChI is InChI=1S/C21H20ClN5O3/c1-12-7-8-15(9-13(12)2)27-20(29)18-19(21(27)30)26(25-24-18)11-17(28)23-10-14-5-3-4-6-16(14)22/h3-9,18-19H,10-11H2,1-2H3,(H,23,28)/t18-,19-/m1/s1. The number of anilines is 1. The SMILES string of the molecule is Cc1ccc(N2C(=O)[C@@H]3N=NN(CC(=O)NCc4ccccc4Cl)[C@H]3C2=O)cc1C. The molecule has 30 heavy (non-hydrogen) atoms. The van der Waals surface area contributed by atoms with Gasteiger partial charge in [0.1, 0.15) is 6.54 Å². The summed E-state index contributed by atoms with van der Waals surface area (Å²) < 4.78 is 0. The molecule has 3 amide bonds. The van der Waals surface area contributed by atoms with Gasteiger partial charge in [-0.2, -0.15) is 5.11 Å². The predicted molar refractivity (Wildman–Crippen MR) is 111 cm³/mol. The number of fused-ring (bicyclic) bond motifs is 1. The molecule has 0 radical (unpaired) electrons. The van der Waals surface area contributed by atoms with Crippen molar-refractivity contribution < 1.29 is 14.4 Å². The highest BCUT2D eigenvalue weighted by molar-refractivity contribution is 6.31. The number of hydrogen-bond acceptors (Lipinski definition) is 6. The largest absolute Gasteiger partial charge is 0.350 e. The van der Waals surface area contributed by atoms with Crippen molar-refractivity contribution in [3.8, 4) is 0 Å². The van der Waals surface area contributed by atoms with E-state index < -0.39 is 23.9 Å². The van der Waals surface area contributed by atoms with E-state index in [9.17, 15) is 14.4 Å². The maximum atomic E-state index is 13.0. The lowest BCUT2D eigenvalue weighted by Gasteiger charge is -2.20. The van der Waals surface area contributed by atoms with Crippen molar-refractivity contribution in [3.63, 3.8) is 0 Å². The molecule has 8 nitrogen and oxygen atoms in total. The van der Waals surface area contributed by atoms with Crippen LogP contribution in [0.25, 0.3) is 0 Å². The van der Waals surface area contributed by atoms with E-state index >= 15 is 0 Å². The van der Waals surface area contributed by atoms with Gasteiger partial charge in [-0.25, -0.2) is 4.90 Å². The Morgan fingerprint density at radius 1 is 1.10 bits per heavy atom. The zero-order valence-electron chi connectivity index (χ0n) is 16.5. The van der Waals surface area contributed by atoms with Gasteiger partial charge in [-0.1, -0.05) is 41.1 Å². The molecule has 0 unspecified atom stereocenters. The van der Waals surface area contributed by atoms with Crippen molar-refractivity contribution in [2.75, 3.05) is 11.4 Å². The Hall–Kier alpha value is -3.26. The van der Waals surface area contributed by atoms with E-state index in [-0.39, 0.29) is 19.0 Å². The molecular weight excluding hydrogens is 406 g/mol. The van der Waals surface area contributed by atoms with Crippen LogP contribution in [0, 0.1) is 13.8 Å². The number of carbonyl (C=O) groups is 3. The predicted octanol–water partition coefficient (Wildman–Crippen LogP) is 2.57. The topological polar surface area (TPSA) is 94.4 Å². The van der Waals surface area contributed by atoms with Gasteiger partial charge in [0.15, 0.2) is 12.1 Å². The highest BCUT2D eigenvalue weighted by atomic mass is 35.5. The number of rotatable bonds is 5. The maximum absolute atomic E-state index is 13.0. The van der Waals surface area contributed by atoms with Crippen molar-refractivity contribution in [1.82, 2.24) is 10.3 Å². The van der Waals surface area contributed by atoms with Crippen LogP contribution in [0.5, 0.6) is 0 Å². The number of halogens is 1. The van der Waals surface area contributed by atoms with Gasteiger partial charge in [-0.05, 0) is 48.7 Å². The van der Waals surface area contributed by atoms with Gasteiger partial charge in [0.05, 0.1) is 5.69 Å². The van der Waals surface area contributed by atoms with Gasteiger partial charge in [0.2, 0.25) is 5.91 Å². The molecule has 1 saturated heterocycles. The summed E-state index contributed by atoms with van der Waals surface area (Å²) in [4.78, 5) is 39.3. The molecule has 154 valence electrons. The fourth-order valence-corrected chi connectivity index (χ4v) is 3.71. The zero-order valence-corrected chi connectivity index (χ0v) is 17.3. The summed E-state index contributed by atoms with van der Waals surface area (Å²) >= 11 is 6.10. The molecule has 2 heterocycles. The Labute approximate surface area is 178 Å². The summed E-state index contributed by atoms with van der Waals surface area (Å²) in [7, 11) is 0. The summed E-state index contributed by atoms with van der Waals surface area (Å²) in [6, 6.07) is 10.7. The number of aryl methyl sites for hydroxylation is 2. The zero-order chi connectivity index (χ0) is 21.4. The molecule has 0 bridgehead atoms. The Balaban J connectivity index is 1.45. The number of nitrogens with one attached hydrogen (secondary N) is 1. The van der Waals surface area contributed by atoms with Crippen LogP contribution >= 0.6 is 11.6 Å². The summed E-state index contributed by atoms with van der Waals surface area (Å²) in [5, 5.41) is 12.4. The Kier molecular flexibility index (Phi) is 5.26. The number of imide groups is 1. The van der Waals surface area contributed by atoms with Crippen molar-refractivity contribution in [1.29, 1.82) is 0 Å². The fraction of sp³-hybridized carbons (Fsp3) is 0.286. The van der Waals surface area contributed by atoms with Crippen molar-refractivity contribution in [2.24, 2.45) is 10.3 Å². The Bertz CT molecular complexity index is 1070. The molecule has 2 aromatic rings. The minimum Gasteiger partial charge on any atom is -0.350 e. The normalized spacial score (nSPS) is 20.1. The van der Waals surface area contributed by atoms with Gasteiger partial charge < -0.3 is 5.32 Å². The summed E-state index contributed by atoms with van der Waals surface area (Å²) in [6.07, 6.45) is 0. The van der Waals surface area contributed by atoms with Crippen LogP contribution in [0.3, 0.4) is 0 Å². The van der Waals surface area contributed by atoms with E-state index in [1.54, 1.807) is 18.2 Å². The molecule has 0 saturated carbocycles. The minimum absolute atomic E-state index is 0.186. The summed E-state index contributed by atoms with van der Waals surface area (Å²) in [6.45, 7) is 3.94. The van der Waals surface area contributed by atoms with Crippen LogP contribution in [-0.2, 0) is 20.9 Å². The highest BCUT2D eigenvalue weighted by Gasteiger charge is 2.55. The monoisotopic (exact) mass is 425 g/mol. The van der Waals surface area contributed by atoms with Gasteiger partial charge >= 0.3 is 0 Å². The van der Waals surface area contributed by atoms with Crippen LogP contribution in [0.15, 0.2) is 52.8 Å². The molecule has 1 fully saturated rings. The Morgan fingerprint density at radius 3 is 2.60 bits per heavy atom. The number of nitrogens with zero attached hydrogens (tertiary/aromatic N) is 4. The van der Waals surface area contributed by atoms with Crippen molar-refractivity contribution >= 4 is 35.0 Å². The summed E-state index contributed by atoms with van der Waals surface area (Å²) in [5.41, 5.74) is 3.32. The van der Waals surface area contributed by atoms with Crippen molar-refractivity contribution in [3.05, 3.63) is 64.2 Å². The second-order valence-corrected chi connectivity index (χ2v) is 7.75. The molecule has 0 aromatic heterocycles. The molecule has 2 atom stereocenters. The third-order valence-electron chi connectivity index (χ3n) is 5.35. The maximum Gasteiger partial charge on any atom is 0.263 e. The smallest absolute Gasteiger partial charge is 0.263 e. The van der Waals surface area contributed by atoms with E-state index in [0.717, 1.165) is 21.6 Å². The molecule has 1 N–H and O–H groups in total. The molecular formula is C21H20ClN5O3. The molecule has 2 aliphatic rings. The second-order valence-electron chi connectivity index (χ2n) is 7.34. The van der Waals surface area contributed by atoms with E-state index in [4.69, 9.17) is 11.6 Å². The number of carbonyl (C=O) groups excluding carboxylic acids is 3. The third-order valence-corrected chi connectivity index (χ3v) is 5.71. The molecule has 2 aromatic carbocycles. The first kappa shape index (κ1) is 20.0. The lowest BCUT2D eigenvalue weighted by Crippen LogP contribution is -2.44. The van der Waals surface area contributed by atoms with E-state index in [1.807, 2.05) is 38.1 Å². The first-order valence-electron chi connectivity index (χ1n) is 9.49. The van der Waals surface area contributed by atoms with Crippen LogP contribution in [-0.4, -0.2) is 41.4 Å². The molecule has 4 rings (SSSR count). The first-order valence-corrected chi connectivity index (χ1v) is 9.87. The molecule has 0 spiro atoms. The average Bonchev–Trinajstić information content (AvgIpc) is 3.23. The summed E-state index contributed by atoms with van der Waals surface area (Å²) in [5.74, 6) is -1.22. The van der Waals surface area contributed by atoms with E-state index in [1.165, 1.54) is 5.01 Å². The van der Waals surface area contributed by atoms with Crippen LogP contribution in [0.1, 0.15) is 16.7 Å². The number of hydrogen-bond donors (Lipinski definition) is 1. The second kappa shape index (κ2) is 7.87. The van der Waals surface area contributed by atoms with Crippen LogP contribution in [0.4, 0.5) is 5.69 Å². The minimum atomic E-state index is -0.935. The highest BCUT2D eigenvalue weighted by Crippen LogP contribution is 2.32. The number of benzene rings is 2. The van der Waals surface area contributed by atoms with E-state index in [0.29, 0.717) is 10.7 Å². The van der Waals surface area contributed by atoms with Gasteiger partial charge in [0, 0.05) is 11.6 Å². The average molecular weight is 426 g/mol. The molecule has 9 heteroatoms.